The van der Waals surface area contributed by atoms with Crippen LogP contribution in [0, 0.1) is 0 Å². The lowest BCUT2D eigenvalue weighted by molar-refractivity contribution is -0.129. The Morgan fingerprint density at radius 3 is 2.58 bits per heavy atom. The molecular formula is C23H25ClN4OS2. The Balaban J connectivity index is 1.48. The van der Waals surface area contributed by atoms with Gasteiger partial charge < -0.3 is 9.80 Å². The smallest absolute Gasteiger partial charge is 0.219 e. The predicted molar refractivity (Wildman–Crippen MR) is 130 cm³/mol. The van der Waals surface area contributed by atoms with Crippen LogP contribution in [0.1, 0.15) is 36.0 Å². The number of carbonyl (C=O) groups excluding carboxylic acids is 1. The van der Waals surface area contributed by atoms with Gasteiger partial charge in [0.15, 0.2) is 0 Å². The molecule has 1 aliphatic carbocycles. The maximum atomic E-state index is 11.8. The molecule has 0 spiro atoms. The molecule has 0 bridgehead atoms. The fourth-order valence-corrected chi connectivity index (χ4v) is 6.54. The quantitative estimate of drug-likeness (QED) is 0.489. The lowest BCUT2D eigenvalue weighted by Gasteiger charge is -2.35. The minimum Gasteiger partial charge on any atom is -0.352 e. The van der Waals surface area contributed by atoms with E-state index in [2.05, 4.69) is 4.90 Å². The molecule has 0 saturated carbocycles. The third kappa shape index (κ3) is 4.41. The number of anilines is 1. The third-order valence-electron chi connectivity index (χ3n) is 6.05. The van der Waals surface area contributed by atoms with Gasteiger partial charge in [0, 0.05) is 47.9 Å². The van der Waals surface area contributed by atoms with Crippen LogP contribution in [-0.4, -0.2) is 47.0 Å². The number of benzene rings is 1. The van der Waals surface area contributed by atoms with Gasteiger partial charge in [0.05, 0.1) is 11.1 Å². The molecule has 5 nitrogen and oxygen atoms in total. The van der Waals surface area contributed by atoms with Crippen LogP contribution in [0.25, 0.3) is 10.2 Å². The van der Waals surface area contributed by atoms with E-state index in [1.807, 2.05) is 40.5 Å². The van der Waals surface area contributed by atoms with Crippen LogP contribution in [-0.2, 0) is 23.4 Å². The van der Waals surface area contributed by atoms with Crippen LogP contribution < -0.4 is 4.90 Å². The predicted octanol–water partition coefficient (Wildman–Crippen LogP) is 5.18. The summed E-state index contributed by atoms with van der Waals surface area (Å²) in [6, 6.07) is 7.91. The number of thiophene rings is 1. The van der Waals surface area contributed by atoms with E-state index in [9.17, 15) is 4.79 Å². The topological polar surface area (TPSA) is 49.3 Å². The summed E-state index contributed by atoms with van der Waals surface area (Å²) < 4.78 is 0. The molecule has 3 heterocycles. The summed E-state index contributed by atoms with van der Waals surface area (Å²) in [6.45, 7) is 4.80. The molecule has 3 aromatic rings. The van der Waals surface area contributed by atoms with Gasteiger partial charge >= 0.3 is 0 Å². The number of aryl methyl sites for hydroxylation is 2. The summed E-state index contributed by atoms with van der Waals surface area (Å²) in [5.74, 6) is 2.82. The molecule has 1 aromatic carbocycles. The van der Waals surface area contributed by atoms with Gasteiger partial charge in [-0.3, -0.25) is 4.79 Å². The van der Waals surface area contributed by atoms with Gasteiger partial charge in [0.2, 0.25) is 5.91 Å². The number of rotatable bonds is 4. The van der Waals surface area contributed by atoms with Crippen molar-refractivity contribution < 1.29 is 4.79 Å². The van der Waals surface area contributed by atoms with Crippen molar-refractivity contribution in [2.24, 2.45) is 0 Å². The summed E-state index contributed by atoms with van der Waals surface area (Å²) >= 11 is 9.60. The van der Waals surface area contributed by atoms with E-state index in [0.29, 0.717) is 0 Å². The number of hydrogen-bond acceptors (Lipinski definition) is 6. The molecule has 1 aliphatic heterocycles. The fourth-order valence-electron chi connectivity index (χ4n) is 4.39. The van der Waals surface area contributed by atoms with Gasteiger partial charge in [-0.15, -0.1) is 23.1 Å². The molecule has 0 N–H and O–H groups in total. The van der Waals surface area contributed by atoms with Crippen LogP contribution in [0.4, 0.5) is 5.82 Å². The van der Waals surface area contributed by atoms with Crippen molar-refractivity contribution in [1.82, 2.24) is 14.9 Å². The van der Waals surface area contributed by atoms with Crippen LogP contribution in [0.3, 0.4) is 0 Å². The van der Waals surface area contributed by atoms with Crippen LogP contribution in [0.15, 0.2) is 29.2 Å². The molecule has 5 rings (SSSR count). The van der Waals surface area contributed by atoms with Crippen molar-refractivity contribution in [1.29, 1.82) is 0 Å². The van der Waals surface area contributed by atoms with E-state index in [1.54, 1.807) is 18.7 Å². The summed E-state index contributed by atoms with van der Waals surface area (Å²) in [6.07, 6.45) is 4.78. The SMILES string of the molecule is CC(=O)N1CCN(c2nc(CSc3ccc(Cl)cc3)nc3sc4c(c23)CCCC4)CC1. The molecular weight excluding hydrogens is 448 g/mol. The van der Waals surface area contributed by atoms with Gasteiger partial charge in [-0.2, -0.15) is 0 Å². The van der Waals surface area contributed by atoms with Crippen LogP contribution in [0.5, 0.6) is 0 Å². The minimum absolute atomic E-state index is 0.153. The summed E-state index contributed by atoms with van der Waals surface area (Å²) in [5, 5.41) is 2.01. The fraction of sp³-hybridized carbons (Fsp3) is 0.435. The molecule has 2 aromatic heterocycles. The molecule has 0 atom stereocenters. The number of thioether (sulfide) groups is 1. The summed E-state index contributed by atoms with van der Waals surface area (Å²) in [5.41, 5.74) is 1.46. The lowest BCUT2D eigenvalue weighted by atomic mass is 9.97. The van der Waals surface area contributed by atoms with Gasteiger partial charge in [0.25, 0.3) is 0 Å². The third-order valence-corrected chi connectivity index (χ3v) is 8.49. The molecule has 2 aliphatic rings. The number of aromatic nitrogens is 2. The van der Waals surface area contributed by atoms with E-state index in [-0.39, 0.29) is 5.91 Å². The van der Waals surface area contributed by atoms with Crippen LogP contribution >= 0.6 is 34.7 Å². The van der Waals surface area contributed by atoms with Crippen molar-refractivity contribution >= 4 is 56.6 Å². The normalized spacial score (nSPS) is 16.6. The van der Waals surface area contributed by atoms with Crippen molar-refractivity contribution in [3.63, 3.8) is 0 Å². The Kier molecular flexibility index (Phi) is 6.08. The highest BCUT2D eigenvalue weighted by Crippen LogP contribution is 2.40. The van der Waals surface area contributed by atoms with Gasteiger partial charge in [-0.25, -0.2) is 9.97 Å². The number of halogens is 1. The van der Waals surface area contributed by atoms with E-state index < -0.39 is 0 Å². The maximum absolute atomic E-state index is 11.8. The second-order valence-electron chi connectivity index (χ2n) is 8.09. The second kappa shape index (κ2) is 8.96. The molecule has 0 radical (unpaired) electrons. The first-order valence-corrected chi connectivity index (χ1v) is 13.0. The first-order valence-electron chi connectivity index (χ1n) is 10.8. The molecule has 1 saturated heterocycles. The highest BCUT2D eigenvalue weighted by molar-refractivity contribution is 7.98. The maximum Gasteiger partial charge on any atom is 0.219 e. The zero-order chi connectivity index (χ0) is 21.4. The van der Waals surface area contributed by atoms with E-state index in [0.717, 1.165) is 71.2 Å². The zero-order valence-electron chi connectivity index (χ0n) is 17.6. The van der Waals surface area contributed by atoms with Crippen molar-refractivity contribution in [2.45, 2.75) is 43.3 Å². The van der Waals surface area contributed by atoms with Gasteiger partial charge in [-0.1, -0.05) is 11.6 Å². The average Bonchev–Trinajstić information content (AvgIpc) is 3.17. The minimum atomic E-state index is 0.153. The van der Waals surface area contributed by atoms with Crippen LogP contribution in [0.2, 0.25) is 5.02 Å². The molecule has 1 amide bonds. The highest BCUT2D eigenvalue weighted by Gasteiger charge is 2.26. The van der Waals surface area contributed by atoms with E-state index in [1.165, 1.54) is 28.7 Å². The van der Waals surface area contributed by atoms with Gasteiger partial charge in [0.1, 0.15) is 16.5 Å². The van der Waals surface area contributed by atoms with Crippen molar-refractivity contribution in [3.8, 4) is 0 Å². The highest BCUT2D eigenvalue weighted by atomic mass is 35.5. The number of amides is 1. The molecule has 31 heavy (non-hydrogen) atoms. The first-order chi connectivity index (χ1) is 15.1. The number of carbonyl (C=O) groups is 1. The van der Waals surface area contributed by atoms with Gasteiger partial charge in [-0.05, 0) is 55.5 Å². The molecule has 162 valence electrons. The largest absolute Gasteiger partial charge is 0.352 e. The lowest BCUT2D eigenvalue weighted by Crippen LogP contribution is -2.48. The summed E-state index contributed by atoms with van der Waals surface area (Å²) in [4.78, 5) is 29.9. The van der Waals surface area contributed by atoms with E-state index >= 15 is 0 Å². The van der Waals surface area contributed by atoms with Crippen molar-refractivity contribution in [3.05, 3.63) is 45.6 Å². The second-order valence-corrected chi connectivity index (χ2v) is 10.7. The molecule has 8 heteroatoms. The number of hydrogen-bond donors (Lipinski definition) is 0. The number of fused-ring (bicyclic) bond motifs is 3. The Morgan fingerprint density at radius 1 is 1.10 bits per heavy atom. The number of piperazine rings is 1. The average molecular weight is 473 g/mol. The monoisotopic (exact) mass is 472 g/mol. The number of nitrogens with zero attached hydrogens (tertiary/aromatic N) is 4. The van der Waals surface area contributed by atoms with E-state index in [4.69, 9.17) is 21.6 Å². The standard InChI is InChI=1S/C23H25ClN4OS2/c1-15(29)27-10-12-28(13-11-27)22-21-18-4-2-3-5-19(18)31-23(21)26-20(25-22)14-30-17-8-6-16(24)7-9-17/h6-9H,2-5,10-14H2,1H3. The Bertz CT molecular complexity index is 1110. The van der Waals surface area contributed by atoms with Crippen molar-refractivity contribution in [2.75, 3.05) is 31.1 Å². The molecule has 1 fully saturated rings. The molecule has 0 unspecified atom stereocenters. The Hall–Kier alpha value is -1.83. The Morgan fingerprint density at radius 2 is 1.84 bits per heavy atom. The first kappa shape index (κ1) is 21.0. The Labute approximate surface area is 195 Å². The zero-order valence-corrected chi connectivity index (χ0v) is 20.0. The summed E-state index contributed by atoms with van der Waals surface area (Å²) in [7, 11) is 0.